The number of nitrogens with zero attached hydrogens (tertiary/aromatic N) is 3. The van der Waals surface area contributed by atoms with E-state index in [0.29, 0.717) is 5.52 Å². The van der Waals surface area contributed by atoms with Crippen molar-refractivity contribution in [2.75, 3.05) is 0 Å². The van der Waals surface area contributed by atoms with Crippen LogP contribution in [0.1, 0.15) is 18.4 Å². The molecule has 0 saturated carbocycles. The molecule has 0 aliphatic carbocycles. The van der Waals surface area contributed by atoms with E-state index in [-0.39, 0.29) is 12.0 Å². The van der Waals surface area contributed by atoms with Gasteiger partial charge in [-0.1, -0.05) is 6.07 Å². The van der Waals surface area contributed by atoms with Gasteiger partial charge >= 0.3 is 0 Å². The average Bonchev–Trinajstić information content (AvgIpc) is 2.68. The van der Waals surface area contributed by atoms with Gasteiger partial charge in [-0.15, -0.1) is 0 Å². The monoisotopic (exact) mass is 235 g/mol. The first kappa shape index (κ1) is 11.5. The normalized spacial score (nSPS) is 11.6. The first-order valence-electron chi connectivity index (χ1n) is 5.21. The Morgan fingerprint density at radius 3 is 2.94 bits per heavy atom. The maximum atomic E-state index is 13.7. The molecule has 3 nitrogen and oxygen atoms in total. The fourth-order valence-corrected chi connectivity index (χ4v) is 1.72. The van der Waals surface area contributed by atoms with Gasteiger partial charge in [0.2, 0.25) is 0 Å². The summed E-state index contributed by atoms with van der Waals surface area (Å²) < 4.78 is 29.2. The van der Waals surface area contributed by atoms with Crippen LogP contribution in [-0.4, -0.2) is 9.55 Å². The summed E-state index contributed by atoms with van der Waals surface area (Å²) in [5.74, 6) is -2.97. The quantitative estimate of drug-likeness (QED) is 0.820. The van der Waals surface area contributed by atoms with E-state index in [1.807, 2.05) is 7.05 Å². The molecule has 0 unspecified atom stereocenters. The molecule has 0 bridgehead atoms. The lowest BCUT2D eigenvalue weighted by molar-refractivity contribution is -0.0118. The van der Waals surface area contributed by atoms with E-state index in [0.717, 1.165) is 5.52 Å². The zero-order chi connectivity index (χ0) is 12.5. The summed E-state index contributed by atoms with van der Waals surface area (Å²) in [7, 11) is 1.81. The molecule has 17 heavy (non-hydrogen) atoms. The molecule has 0 N–H and O–H groups in total. The molecule has 1 aromatic carbocycles. The number of rotatable bonds is 3. The Morgan fingerprint density at radius 1 is 1.47 bits per heavy atom. The van der Waals surface area contributed by atoms with Crippen LogP contribution >= 0.6 is 0 Å². The minimum atomic E-state index is -2.97. The third-order valence-electron chi connectivity index (χ3n) is 2.70. The maximum Gasteiger partial charge on any atom is 0.274 e. The van der Waals surface area contributed by atoms with E-state index in [1.165, 1.54) is 12.1 Å². The first-order valence-corrected chi connectivity index (χ1v) is 5.21. The summed E-state index contributed by atoms with van der Waals surface area (Å²) in [6, 6.07) is 6.13. The van der Waals surface area contributed by atoms with Crippen molar-refractivity contribution in [3.63, 3.8) is 0 Å². The van der Waals surface area contributed by atoms with Crippen molar-refractivity contribution in [2.45, 2.75) is 18.8 Å². The van der Waals surface area contributed by atoms with Gasteiger partial charge in [0.25, 0.3) is 5.92 Å². The molecule has 88 valence electrons. The van der Waals surface area contributed by atoms with E-state index in [4.69, 9.17) is 5.26 Å². The Balaban J connectivity index is 2.39. The molecule has 1 aromatic heterocycles. The Hall–Kier alpha value is -1.96. The molecule has 0 atom stereocenters. The summed E-state index contributed by atoms with van der Waals surface area (Å²) >= 11 is 0. The lowest BCUT2D eigenvalue weighted by atomic mass is 10.0. The fraction of sp³-hybridized carbons (Fsp3) is 0.333. The second kappa shape index (κ2) is 4.13. The molecule has 0 aliphatic rings. The fourth-order valence-electron chi connectivity index (χ4n) is 1.72. The van der Waals surface area contributed by atoms with Crippen LogP contribution in [0.2, 0.25) is 0 Å². The third-order valence-corrected chi connectivity index (χ3v) is 2.70. The number of nitriles is 1. The zero-order valence-electron chi connectivity index (χ0n) is 9.32. The number of hydrogen-bond donors (Lipinski definition) is 0. The van der Waals surface area contributed by atoms with Crippen molar-refractivity contribution in [1.82, 2.24) is 9.55 Å². The summed E-state index contributed by atoms with van der Waals surface area (Å²) in [4.78, 5) is 4.04. The molecule has 1 heterocycles. The summed E-state index contributed by atoms with van der Waals surface area (Å²) in [5, 5.41) is 8.35. The number of imidazole rings is 1. The van der Waals surface area contributed by atoms with Gasteiger partial charge < -0.3 is 4.57 Å². The Bertz CT molecular complexity index is 581. The molecule has 0 fully saturated rings. The van der Waals surface area contributed by atoms with Gasteiger partial charge in [-0.3, -0.25) is 0 Å². The number of benzene rings is 1. The lowest BCUT2D eigenvalue weighted by Crippen LogP contribution is -2.12. The van der Waals surface area contributed by atoms with Gasteiger partial charge in [0.15, 0.2) is 0 Å². The molecule has 0 spiro atoms. The third kappa shape index (κ3) is 2.11. The van der Waals surface area contributed by atoms with Crippen LogP contribution in [0.15, 0.2) is 24.5 Å². The van der Waals surface area contributed by atoms with Crippen LogP contribution in [0.25, 0.3) is 11.0 Å². The highest BCUT2D eigenvalue weighted by molar-refractivity contribution is 5.76. The van der Waals surface area contributed by atoms with Crippen molar-refractivity contribution in [1.29, 1.82) is 5.26 Å². The zero-order valence-corrected chi connectivity index (χ0v) is 9.32. The Morgan fingerprint density at radius 2 is 2.24 bits per heavy atom. The molecular formula is C12H11F2N3. The molecule has 2 rings (SSSR count). The van der Waals surface area contributed by atoms with Crippen LogP contribution in [0.5, 0.6) is 0 Å². The van der Waals surface area contributed by atoms with Gasteiger partial charge in [-0.05, 0) is 12.1 Å². The molecule has 5 heteroatoms. The molecule has 0 aliphatic heterocycles. The predicted molar refractivity (Wildman–Crippen MR) is 59.5 cm³/mol. The summed E-state index contributed by atoms with van der Waals surface area (Å²) in [6.45, 7) is 0. The molecular weight excluding hydrogens is 224 g/mol. The van der Waals surface area contributed by atoms with Crippen molar-refractivity contribution < 1.29 is 8.78 Å². The van der Waals surface area contributed by atoms with Crippen LogP contribution in [0.4, 0.5) is 8.78 Å². The molecule has 0 amide bonds. The number of fused-ring (bicyclic) bond motifs is 1. The minimum absolute atomic E-state index is 0.0843. The van der Waals surface area contributed by atoms with E-state index in [1.54, 1.807) is 23.0 Å². The average molecular weight is 235 g/mol. The Labute approximate surface area is 97.3 Å². The highest BCUT2D eigenvalue weighted by Crippen LogP contribution is 2.34. The Kier molecular flexibility index (Phi) is 2.80. The topological polar surface area (TPSA) is 41.6 Å². The second-order valence-electron chi connectivity index (χ2n) is 3.92. The van der Waals surface area contributed by atoms with Crippen LogP contribution in [-0.2, 0) is 13.0 Å². The molecule has 0 saturated heterocycles. The second-order valence-corrected chi connectivity index (χ2v) is 3.92. The highest BCUT2D eigenvalue weighted by Gasteiger charge is 2.31. The maximum absolute atomic E-state index is 13.7. The van der Waals surface area contributed by atoms with Crippen LogP contribution in [0.3, 0.4) is 0 Å². The number of halogens is 2. The van der Waals surface area contributed by atoms with Gasteiger partial charge in [-0.2, -0.15) is 5.26 Å². The molecule has 0 radical (unpaired) electrons. The summed E-state index contributed by atoms with van der Waals surface area (Å²) in [5.41, 5.74) is 1.27. The van der Waals surface area contributed by atoms with E-state index in [9.17, 15) is 8.78 Å². The standard InChI is InChI=1S/C12H11F2N3/c1-17-8-16-10-7-9(3-4-11(10)17)12(13,14)5-2-6-15/h3-4,7-8H,2,5H2,1H3. The largest absolute Gasteiger partial charge is 0.334 e. The van der Waals surface area contributed by atoms with E-state index < -0.39 is 12.3 Å². The van der Waals surface area contributed by atoms with Crippen molar-refractivity contribution in [2.24, 2.45) is 7.05 Å². The number of aromatic nitrogens is 2. The van der Waals surface area contributed by atoms with E-state index in [2.05, 4.69) is 4.98 Å². The number of hydrogen-bond acceptors (Lipinski definition) is 2. The first-order chi connectivity index (χ1) is 8.04. The van der Waals surface area contributed by atoms with Gasteiger partial charge in [0, 0.05) is 25.5 Å². The van der Waals surface area contributed by atoms with Gasteiger partial charge in [0.05, 0.1) is 23.4 Å². The van der Waals surface area contributed by atoms with Crippen LogP contribution in [0, 0.1) is 11.3 Å². The summed E-state index contributed by atoms with van der Waals surface area (Å²) in [6.07, 6.45) is 0.969. The number of aryl methyl sites for hydroxylation is 1. The van der Waals surface area contributed by atoms with Crippen molar-refractivity contribution >= 4 is 11.0 Å². The molecule has 2 aromatic rings. The smallest absolute Gasteiger partial charge is 0.274 e. The van der Waals surface area contributed by atoms with Crippen molar-refractivity contribution in [3.05, 3.63) is 30.1 Å². The van der Waals surface area contributed by atoms with Crippen LogP contribution < -0.4 is 0 Å². The highest BCUT2D eigenvalue weighted by atomic mass is 19.3. The van der Waals surface area contributed by atoms with E-state index >= 15 is 0 Å². The van der Waals surface area contributed by atoms with Crippen molar-refractivity contribution in [3.8, 4) is 6.07 Å². The number of alkyl halides is 2. The minimum Gasteiger partial charge on any atom is -0.334 e. The lowest BCUT2D eigenvalue weighted by Gasteiger charge is -2.14. The van der Waals surface area contributed by atoms with Gasteiger partial charge in [-0.25, -0.2) is 13.8 Å². The predicted octanol–water partition coefficient (Wildman–Crippen LogP) is 2.97. The van der Waals surface area contributed by atoms with Gasteiger partial charge in [0.1, 0.15) is 0 Å². The SMILES string of the molecule is Cn1cnc2cc(C(F)(F)CCC#N)ccc21.